The van der Waals surface area contributed by atoms with E-state index in [0.29, 0.717) is 0 Å². The number of aliphatic hydroxyl groups excluding tert-OH is 1. The lowest BCUT2D eigenvalue weighted by Gasteiger charge is -2.07. The van der Waals surface area contributed by atoms with Crippen molar-refractivity contribution in [2.45, 2.75) is 76.4 Å². The third kappa shape index (κ3) is 8.27. The van der Waals surface area contributed by atoms with E-state index in [4.69, 9.17) is 14.6 Å². The Bertz CT molecular complexity index is 414. The van der Waals surface area contributed by atoms with Crippen LogP contribution in [0.15, 0.2) is 30.3 Å². The fourth-order valence-electron chi connectivity index (χ4n) is 3.07. The number of aliphatic hydroxyl groups is 1. The summed E-state index contributed by atoms with van der Waals surface area (Å²) in [5.74, 6) is 0. The normalized spacial score (nSPS) is 19.5. The van der Waals surface area contributed by atoms with Gasteiger partial charge in [0.05, 0.1) is 19.8 Å². The number of benzene rings is 1. The molecular formula is C21H34O3. The minimum atomic E-state index is -0.136. The van der Waals surface area contributed by atoms with E-state index in [0.717, 1.165) is 26.2 Å². The summed E-state index contributed by atoms with van der Waals surface area (Å²) >= 11 is 0. The molecule has 1 unspecified atom stereocenters. The highest BCUT2D eigenvalue weighted by Gasteiger charge is 2.43. The summed E-state index contributed by atoms with van der Waals surface area (Å²) in [6, 6.07) is 10.4. The van der Waals surface area contributed by atoms with Crippen molar-refractivity contribution in [3.8, 4) is 0 Å². The van der Waals surface area contributed by atoms with Crippen LogP contribution in [-0.4, -0.2) is 30.5 Å². The minimum Gasteiger partial charge on any atom is -0.393 e. The van der Waals surface area contributed by atoms with E-state index in [1.165, 1.54) is 63.4 Å². The maximum atomic E-state index is 9.16. The van der Waals surface area contributed by atoms with Gasteiger partial charge in [-0.2, -0.15) is 0 Å². The highest BCUT2D eigenvalue weighted by atomic mass is 16.6. The van der Waals surface area contributed by atoms with Gasteiger partial charge in [0, 0.05) is 6.61 Å². The molecule has 1 aliphatic rings. The van der Waals surface area contributed by atoms with Gasteiger partial charge in [-0.3, -0.25) is 0 Å². The Morgan fingerprint density at radius 2 is 1.46 bits per heavy atom. The summed E-state index contributed by atoms with van der Waals surface area (Å²) < 4.78 is 11.0. The molecule has 1 N–H and O–H groups in total. The van der Waals surface area contributed by atoms with Crippen LogP contribution >= 0.6 is 0 Å². The first-order chi connectivity index (χ1) is 11.8. The second-order valence-corrected chi connectivity index (χ2v) is 7.10. The van der Waals surface area contributed by atoms with Crippen molar-refractivity contribution in [3.05, 3.63) is 35.9 Å². The summed E-state index contributed by atoms with van der Waals surface area (Å²) in [5, 5.41) is 9.16. The van der Waals surface area contributed by atoms with Crippen LogP contribution in [0.3, 0.4) is 0 Å². The van der Waals surface area contributed by atoms with Crippen molar-refractivity contribution >= 4 is 0 Å². The van der Waals surface area contributed by atoms with E-state index in [-0.39, 0.29) is 12.2 Å². The number of epoxide rings is 1. The van der Waals surface area contributed by atoms with E-state index < -0.39 is 0 Å². The largest absolute Gasteiger partial charge is 0.393 e. The Morgan fingerprint density at radius 1 is 0.875 bits per heavy atom. The summed E-state index contributed by atoms with van der Waals surface area (Å²) in [7, 11) is 0. The molecule has 1 fully saturated rings. The van der Waals surface area contributed by atoms with Crippen molar-refractivity contribution in [2.24, 2.45) is 0 Å². The molecule has 1 heterocycles. The lowest BCUT2D eigenvalue weighted by atomic mass is 10.0. The van der Waals surface area contributed by atoms with Crippen molar-refractivity contribution in [1.29, 1.82) is 0 Å². The highest BCUT2D eigenvalue weighted by Crippen LogP contribution is 2.32. The maximum Gasteiger partial charge on any atom is 0.115 e. The molecule has 0 aromatic heterocycles. The first-order valence-corrected chi connectivity index (χ1v) is 9.71. The molecule has 0 saturated carbocycles. The Balaban J connectivity index is 1.27. The van der Waals surface area contributed by atoms with Crippen LogP contribution in [0, 0.1) is 0 Å². The quantitative estimate of drug-likeness (QED) is 0.368. The molecule has 3 nitrogen and oxygen atoms in total. The lowest BCUT2D eigenvalue weighted by Crippen LogP contribution is -2.16. The van der Waals surface area contributed by atoms with Gasteiger partial charge in [0.2, 0.25) is 0 Å². The van der Waals surface area contributed by atoms with Crippen LogP contribution in [-0.2, 0) is 16.1 Å². The van der Waals surface area contributed by atoms with Crippen LogP contribution in [0.1, 0.15) is 69.8 Å². The van der Waals surface area contributed by atoms with Crippen LogP contribution in [0.25, 0.3) is 0 Å². The highest BCUT2D eigenvalue weighted by molar-refractivity contribution is 5.13. The molecule has 1 saturated heterocycles. The van der Waals surface area contributed by atoms with Gasteiger partial charge in [-0.25, -0.2) is 0 Å². The average Bonchev–Trinajstić information content (AvgIpc) is 3.40. The molecule has 0 bridgehead atoms. The number of hydrogen-bond acceptors (Lipinski definition) is 3. The van der Waals surface area contributed by atoms with Crippen LogP contribution in [0.5, 0.6) is 0 Å². The van der Waals surface area contributed by atoms with E-state index in [9.17, 15) is 0 Å². The maximum absolute atomic E-state index is 9.16. The van der Waals surface area contributed by atoms with Gasteiger partial charge in [0.15, 0.2) is 0 Å². The van der Waals surface area contributed by atoms with Crippen LogP contribution in [0.4, 0.5) is 0 Å². The summed E-state index contributed by atoms with van der Waals surface area (Å²) in [6.07, 6.45) is 12.7. The van der Waals surface area contributed by atoms with Crippen molar-refractivity contribution in [1.82, 2.24) is 0 Å². The summed E-state index contributed by atoms with van der Waals surface area (Å²) in [6.45, 7) is 2.58. The molecule has 24 heavy (non-hydrogen) atoms. The molecule has 136 valence electrons. The van der Waals surface area contributed by atoms with Gasteiger partial charge in [0.1, 0.15) is 5.60 Å². The monoisotopic (exact) mass is 334 g/mol. The SMILES string of the molecule is OCC1(CCCCCCCCCCCOCc2ccccc2)CO1. The van der Waals surface area contributed by atoms with Gasteiger partial charge in [-0.15, -0.1) is 0 Å². The van der Waals surface area contributed by atoms with Gasteiger partial charge in [0.25, 0.3) is 0 Å². The molecule has 1 aliphatic heterocycles. The summed E-state index contributed by atoms with van der Waals surface area (Å²) in [4.78, 5) is 0. The smallest absolute Gasteiger partial charge is 0.115 e. The zero-order chi connectivity index (χ0) is 16.9. The Morgan fingerprint density at radius 3 is 2.04 bits per heavy atom. The number of ether oxygens (including phenoxy) is 2. The molecule has 1 atom stereocenters. The fourth-order valence-corrected chi connectivity index (χ4v) is 3.07. The third-order valence-electron chi connectivity index (χ3n) is 4.87. The first kappa shape index (κ1) is 19.4. The van der Waals surface area contributed by atoms with Crippen LogP contribution < -0.4 is 0 Å². The predicted molar refractivity (Wildman–Crippen MR) is 98.0 cm³/mol. The molecule has 0 radical (unpaired) electrons. The topological polar surface area (TPSA) is 42.0 Å². The Labute approximate surface area is 147 Å². The lowest BCUT2D eigenvalue weighted by molar-refractivity contribution is 0.116. The second kappa shape index (κ2) is 11.6. The van der Waals surface area contributed by atoms with Crippen molar-refractivity contribution < 1.29 is 14.6 Å². The molecular weight excluding hydrogens is 300 g/mol. The third-order valence-corrected chi connectivity index (χ3v) is 4.87. The standard InChI is InChI=1S/C21H34O3/c22-18-21(19-24-21)15-11-6-4-2-1-3-5-7-12-16-23-17-20-13-9-8-10-14-20/h8-10,13-14,22H,1-7,11-12,15-19H2. The zero-order valence-electron chi connectivity index (χ0n) is 15.0. The second-order valence-electron chi connectivity index (χ2n) is 7.10. The molecule has 3 heteroatoms. The zero-order valence-corrected chi connectivity index (χ0v) is 15.0. The first-order valence-electron chi connectivity index (χ1n) is 9.71. The Kier molecular flexibility index (Phi) is 9.40. The molecule has 1 aromatic rings. The fraction of sp³-hybridized carbons (Fsp3) is 0.714. The van der Waals surface area contributed by atoms with Crippen molar-refractivity contribution in [2.75, 3.05) is 19.8 Å². The van der Waals surface area contributed by atoms with Crippen molar-refractivity contribution in [3.63, 3.8) is 0 Å². The number of rotatable bonds is 15. The van der Waals surface area contributed by atoms with Gasteiger partial charge >= 0.3 is 0 Å². The van der Waals surface area contributed by atoms with Gasteiger partial charge < -0.3 is 14.6 Å². The average molecular weight is 334 g/mol. The van der Waals surface area contributed by atoms with E-state index in [1.54, 1.807) is 0 Å². The molecule has 0 amide bonds. The molecule has 1 aromatic carbocycles. The van der Waals surface area contributed by atoms with E-state index >= 15 is 0 Å². The van der Waals surface area contributed by atoms with Crippen LogP contribution in [0.2, 0.25) is 0 Å². The van der Waals surface area contributed by atoms with Gasteiger partial charge in [-0.1, -0.05) is 81.7 Å². The minimum absolute atomic E-state index is 0.136. The molecule has 0 aliphatic carbocycles. The summed E-state index contributed by atoms with van der Waals surface area (Å²) in [5.41, 5.74) is 1.12. The van der Waals surface area contributed by atoms with E-state index in [2.05, 4.69) is 24.3 Å². The Hall–Kier alpha value is -0.900. The predicted octanol–water partition coefficient (Wildman–Crippen LogP) is 4.87. The number of hydrogen-bond donors (Lipinski definition) is 1. The molecule has 2 rings (SSSR count). The number of unbranched alkanes of at least 4 members (excludes halogenated alkanes) is 8. The van der Waals surface area contributed by atoms with Gasteiger partial charge in [-0.05, 0) is 18.4 Å². The molecule has 0 spiro atoms. The van der Waals surface area contributed by atoms with E-state index in [1.807, 2.05) is 6.07 Å².